The number of thioether (sulfide) groups is 1. The van der Waals surface area contributed by atoms with Crippen molar-refractivity contribution in [3.63, 3.8) is 0 Å². The Morgan fingerprint density at radius 1 is 1.14 bits per heavy atom. The summed E-state index contributed by atoms with van der Waals surface area (Å²) >= 11 is -0.0392. The molecule has 2 saturated heterocycles. The Hall–Kier alpha value is -0.880. The molecule has 0 spiro atoms. The van der Waals surface area contributed by atoms with Crippen LogP contribution >= 0.6 is 11.8 Å². The van der Waals surface area contributed by atoms with Crippen molar-refractivity contribution in [2.75, 3.05) is 12.4 Å². The number of rotatable bonds is 3. The number of nitrogens with one attached hydrogen (secondary N) is 1. The van der Waals surface area contributed by atoms with E-state index in [1.807, 2.05) is 0 Å². The number of para-hydroxylation sites is 1. The molecular weight excluding hydrogens is 297 g/mol. The maximum absolute atomic E-state index is 12.6. The van der Waals surface area contributed by atoms with Crippen molar-refractivity contribution in [1.29, 1.82) is 0 Å². The maximum Gasteiger partial charge on any atom is 0.446 e. The molecule has 1 N–H and O–H groups in total. The number of fused-ring (bicyclic) bond motifs is 2. The summed E-state index contributed by atoms with van der Waals surface area (Å²) in [6, 6.07) is 8.13. The largest absolute Gasteiger partial charge is 0.446 e. The Balaban J connectivity index is 1.71. The second kappa shape index (κ2) is 5.72. The average molecular weight is 316 g/mol. The van der Waals surface area contributed by atoms with Gasteiger partial charge in [-0.15, -0.1) is 0 Å². The van der Waals surface area contributed by atoms with E-state index in [9.17, 15) is 13.2 Å². The Labute approximate surface area is 127 Å². The van der Waals surface area contributed by atoms with Crippen LogP contribution < -0.4 is 5.32 Å². The zero-order valence-corrected chi connectivity index (χ0v) is 12.7. The lowest BCUT2D eigenvalue weighted by Gasteiger charge is -2.37. The number of hydrogen-bond acceptors (Lipinski definition) is 3. The third-order valence-electron chi connectivity index (χ3n) is 4.57. The number of piperidine rings is 1. The lowest BCUT2D eigenvalue weighted by atomic mass is 9.98. The lowest BCUT2D eigenvalue weighted by molar-refractivity contribution is -0.0328. The van der Waals surface area contributed by atoms with Crippen LogP contribution in [0.15, 0.2) is 29.2 Å². The van der Waals surface area contributed by atoms with Crippen LogP contribution in [-0.4, -0.2) is 35.6 Å². The zero-order chi connectivity index (χ0) is 15.0. The van der Waals surface area contributed by atoms with Crippen molar-refractivity contribution in [2.24, 2.45) is 0 Å². The highest BCUT2D eigenvalue weighted by Gasteiger charge is 2.38. The third kappa shape index (κ3) is 3.48. The van der Waals surface area contributed by atoms with Crippen LogP contribution in [0.1, 0.15) is 25.7 Å². The molecule has 1 aromatic carbocycles. The van der Waals surface area contributed by atoms with Gasteiger partial charge in [0.05, 0.1) is 0 Å². The summed E-state index contributed by atoms with van der Waals surface area (Å²) in [6.45, 7) is 0. The number of anilines is 1. The number of nitrogens with zero attached hydrogens (tertiary/aromatic N) is 1. The fourth-order valence-electron chi connectivity index (χ4n) is 3.55. The van der Waals surface area contributed by atoms with Crippen LogP contribution in [0.4, 0.5) is 18.9 Å². The summed E-state index contributed by atoms with van der Waals surface area (Å²) < 4.78 is 37.8. The molecule has 116 valence electrons. The summed E-state index contributed by atoms with van der Waals surface area (Å²) in [7, 11) is 2.16. The highest BCUT2D eigenvalue weighted by atomic mass is 32.2. The lowest BCUT2D eigenvalue weighted by Crippen LogP contribution is -2.44. The van der Waals surface area contributed by atoms with Gasteiger partial charge < -0.3 is 10.2 Å². The molecule has 21 heavy (non-hydrogen) atoms. The SMILES string of the molecule is CN1C2CCC1CC(Nc1ccccc1SC(F)(F)F)C2. The summed E-state index contributed by atoms with van der Waals surface area (Å²) in [4.78, 5) is 2.69. The zero-order valence-electron chi connectivity index (χ0n) is 11.9. The molecular formula is C15H19F3N2S. The highest BCUT2D eigenvalue weighted by molar-refractivity contribution is 8.00. The predicted octanol–water partition coefficient (Wildman–Crippen LogP) is 4.34. The molecule has 2 bridgehead atoms. The van der Waals surface area contributed by atoms with E-state index >= 15 is 0 Å². The number of alkyl halides is 3. The highest BCUT2D eigenvalue weighted by Crippen LogP contribution is 2.41. The molecule has 2 aliphatic heterocycles. The first-order chi connectivity index (χ1) is 9.92. The molecule has 3 rings (SSSR count). The van der Waals surface area contributed by atoms with Gasteiger partial charge in [0.1, 0.15) is 0 Å². The van der Waals surface area contributed by atoms with Gasteiger partial charge in [-0.2, -0.15) is 13.2 Å². The van der Waals surface area contributed by atoms with Crippen molar-refractivity contribution in [2.45, 2.75) is 54.2 Å². The number of benzene rings is 1. The normalized spacial score (nSPS) is 29.6. The minimum absolute atomic E-state index is 0.0392. The van der Waals surface area contributed by atoms with Crippen molar-refractivity contribution in [3.05, 3.63) is 24.3 Å². The topological polar surface area (TPSA) is 15.3 Å². The minimum Gasteiger partial charge on any atom is -0.381 e. The van der Waals surface area contributed by atoms with E-state index in [1.165, 1.54) is 18.9 Å². The van der Waals surface area contributed by atoms with Crippen LogP contribution in [0.5, 0.6) is 0 Å². The molecule has 0 amide bonds. The van der Waals surface area contributed by atoms with Gasteiger partial charge in [0.25, 0.3) is 0 Å². The van der Waals surface area contributed by atoms with Crippen LogP contribution in [0.25, 0.3) is 0 Å². The third-order valence-corrected chi connectivity index (χ3v) is 5.38. The monoisotopic (exact) mass is 316 g/mol. The minimum atomic E-state index is -4.25. The number of hydrogen-bond donors (Lipinski definition) is 1. The molecule has 1 aromatic rings. The van der Waals surface area contributed by atoms with E-state index in [0.717, 1.165) is 12.8 Å². The Bertz CT molecular complexity index is 492. The molecule has 2 nitrogen and oxygen atoms in total. The van der Waals surface area contributed by atoms with Crippen molar-refractivity contribution in [1.82, 2.24) is 4.90 Å². The second-order valence-corrected chi connectivity index (χ2v) is 7.01. The van der Waals surface area contributed by atoms with Gasteiger partial charge in [-0.05, 0) is 56.6 Å². The number of halogens is 3. The maximum atomic E-state index is 12.6. The first-order valence-electron chi connectivity index (χ1n) is 7.25. The van der Waals surface area contributed by atoms with E-state index in [0.29, 0.717) is 17.8 Å². The quantitative estimate of drug-likeness (QED) is 0.835. The van der Waals surface area contributed by atoms with Crippen LogP contribution in [0.2, 0.25) is 0 Å². The van der Waals surface area contributed by atoms with E-state index in [-0.39, 0.29) is 22.7 Å². The van der Waals surface area contributed by atoms with Crippen molar-refractivity contribution >= 4 is 17.4 Å². The molecule has 6 heteroatoms. The van der Waals surface area contributed by atoms with Gasteiger partial charge >= 0.3 is 5.51 Å². The second-order valence-electron chi connectivity index (χ2n) is 5.91. The smallest absolute Gasteiger partial charge is 0.381 e. The fourth-order valence-corrected chi connectivity index (χ4v) is 4.18. The van der Waals surface area contributed by atoms with E-state index < -0.39 is 5.51 Å². The fraction of sp³-hybridized carbons (Fsp3) is 0.600. The van der Waals surface area contributed by atoms with Gasteiger partial charge in [0, 0.05) is 28.7 Å². The summed E-state index contributed by atoms with van der Waals surface area (Å²) in [5, 5.41) is 3.35. The molecule has 2 unspecified atom stereocenters. The molecule has 2 heterocycles. The van der Waals surface area contributed by atoms with Gasteiger partial charge in [-0.1, -0.05) is 12.1 Å². The van der Waals surface area contributed by atoms with Gasteiger partial charge in [-0.25, -0.2) is 0 Å². The summed E-state index contributed by atoms with van der Waals surface area (Å²) in [6.07, 6.45) is 4.44. The van der Waals surface area contributed by atoms with E-state index in [4.69, 9.17) is 0 Å². The van der Waals surface area contributed by atoms with Gasteiger partial charge in [-0.3, -0.25) is 0 Å². The standard InChI is InChI=1S/C15H19F3N2S/c1-20-11-6-7-12(20)9-10(8-11)19-13-4-2-3-5-14(13)21-15(16,17)18/h2-5,10-12,19H,6-9H2,1H3. The molecule has 0 radical (unpaired) electrons. The average Bonchev–Trinajstić information content (AvgIpc) is 2.62. The first-order valence-corrected chi connectivity index (χ1v) is 8.07. The molecule has 2 fully saturated rings. The molecule has 2 aliphatic rings. The van der Waals surface area contributed by atoms with E-state index in [2.05, 4.69) is 17.3 Å². The van der Waals surface area contributed by atoms with E-state index in [1.54, 1.807) is 18.2 Å². The molecule has 0 aliphatic carbocycles. The van der Waals surface area contributed by atoms with Crippen LogP contribution in [0, 0.1) is 0 Å². The summed E-state index contributed by atoms with van der Waals surface area (Å²) in [5.74, 6) is 0. The molecule has 2 atom stereocenters. The van der Waals surface area contributed by atoms with Crippen molar-refractivity contribution < 1.29 is 13.2 Å². The molecule has 0 aromatic heterocycles. The Kier molecular flexibility index (Phi) is 4.10. The van der Waals surface area contributed by atoms with Crippen LogP contribution in [-0.2, 0) is 0 Å². The van der Waals surface area contributed by atoms with Crippen LogP contribution in [0.3, 0.4) is 0 Å². The van der Waals surface area contributed by atoms with Crippen molar-refractivity contribution in [3.8, 4) is 0 Å². The summed E-state index contributed by atoms with van der Waals surface area (Å²) in [5.41, 5.74) is -3.64. The Morgan fingerprint density at radius 3 is 2.38 bits per heavy atom. The van der Waals surface area contributed by atoms with Gasteiger partial charge in [0.15, 0.2) is 0 Å². The first kappa shape index (κ1) is 15.0. The molecule has 0 saturated carbocycles. The Morgan fingerprint density at radius 2 is 1.76 bits per heavy atom. The van der Waals surface area contributed by atoms with Gasteiger partial charge in [0.2, 0.25) is 0 Å². The predicted molar refractivity (Wildman–Crippen MR) is 79.6 cm³/mol.